The van der Waals surface area contributed by atoms with Crippen molar-refractivity contribution >= 4 is 5.69 Å². The molecule has 5 nitrogen and oxygen atoms in total. The minimum absolute atomic E-state index is 0.483. The standard InChI is InChI=1S/C22H26N4O/c1-16-22(13-23-25-16)18-6-8-19(9-7-18)24-20-10-11-26(15-20)14-17-4-3-5-21(12-17)27-2/h3-9,12-13,20,24H,10-11,14-15H2,1-2H3,(H,23,25). The van der Waals surface area contributed by atoms with E-state index < -0.39 is 0 Å². The average Bonchev–Trinajstić information content (AvgIpc) is 3.31. The molecule has 0 spiro atoms. The van der Waals surface area contributed by atoms with Crippen LogP contribution in [0, 0.1) is 6.92 Å². The number of H-pyrrole nitrogens is 1. The van der Waals surface area contributed by atoms with Crippen LogP contribution in [-0.4, -0.2) is 41.3 Å². The molecule has 0 aliphatic carbocycles. The number of methoxy groups -OCH3 is 1. The zero-order chi connectivity index (χ0) is 18.6. The highest BCUT2D eigenvalue weighted by Crippen LogP contribution is 2.25. The molecule has 140 valence electrons. The smallest absolute Gasteiger partial charge is 0.119 e. The van der Waals surface area contributed by atoms with E-state index in [0.717, 1.165) is 43.1 Å². The Labute approximate surface area is 160 Å². The summed E-state index contributed by atoms with van der Waals surface area (Å²) in [6.07, 6.45) is 3.04. The van der Waals surface area contributed by atoms with E-state index in [-0.39, 0.29) is 0 Å². The highest BCUT2D eigenvalue weighted by Gasteiger charge is 2.22. The first-order valence-electron chi connectivity index (χ1n) is 9.43. The van der Waals surface area contributed by atoms with Gasteiger partial charge in [-0.25, -0.2) is 0 Å². The molecular formula is C22H26N4O. The molecular weight excluding hydrogens is 336 g/mol. The molecule has 2 N–H and O–H groups in total. The van der Waals surface area contributed by atoms with Crippen molar-refractivity contribution in [3.63, 3.8) is 0 Å². The van der Waals surface area contributed by atoms with Gasteiger partial charge in [-0.1, -0.05) is 24.3 Å². The van der Waals surface area contributed by atoms with Gasteiger partial charge in [-0.05, 0) is 48.7 Å². The molecule has 1 aliphatic rings. The van der Waals surface area contributed by atoms with Crippen LogP contribution in [0.2, 0.25) is 0 Å². The Morgan fingerprint density at radius 2 is 2.07 bits per heavy atom. The molecule has 5 heteroatoms. The summed E-state index contributed by atoms with van der Waals surface area (Å²) in [7, 11) is 1.72. The molecule has 27 heavy (non-hydrogen) atoms. The third-order valence-electron chi connectivity index (χ3n) is 5.21. The summed E-state index contributed by atoms with van der Waals surface area (Å²) in [6, 6.07) is 17.5. The third-order valence-corrected chi connectivity index (χ3v) is 5.21. The Kier molecular flexibility index (Phi) is 5.12. The van der Waals surface area contributed by atoms with Crippen molar-refractivity contribution in [2.45, 2.75) is 25.9 Å². The van der Waals surface area contributed by atoms with Crippen LogP contribution in [0.1, 0.15) is 17.7 Å². The molecule has 0 amide bonds. The highest BCUT2D eigenvalue weighted by molar-refractivity contribution is 5.67. The van der Waals surface area contributed by atoms with Gasteiger partial charge in [-0.15, -0.1) is 0 Å². The number of aromatic nitrogens is 2. The molecule has 3 aromatic rings. The van der Waals surface area contributed by atoms with Crippen LogP contribution in [0.3, 0.4) is 0 Å². The number of likely N-dealkylation sites (tertiary alicyclic amines) is 1. The molecule has 1 fully saturated rings. The summed E-state index contributed by atoms with van der Waals surface area (Å²) in [4.78, 5) is 2.50. The summed E-state index contributed by atoms with van der Waals surface area (Å²) < 4.78 is 5.33. The highest BCUT2D eigenvalue weighted by atomic mass is 16.5. The maximum Gasteiger partial charge on any atom is 0.119 e. The van der Waals surface area contributed by atoms with Crippen molar-refractivity contribution in [3.8, 4) is 16.9 Å². The van der Waals surface area contributed by atoms with Crippen LogP contribution >= 0.6 is 0 Å². The van der Waals surface area contributed by atoms with E-state index in [9.17, 15) is 0 Å². The van der Waals surface area contributed by atoms with Crippen molar-refractivity contribution in [1.82, 2.24) is 15.1 Å². The first-order valence-corrected chi connectivity index (χ1v) is 9.43. The second-order valence-electron chi connectivity index (χ2n) is 7.20. The van der Waals surface area contributed by atoms with E-state index >= 15 is 0 Å². The van der Waals surface area contributed by atoms with E-state index in [4.69, 9.17) is 4.74 Å². The van der Waals surface area contributed by atoms with Gasteiger partial charge in [0.25, 0.3) is 0 Å². The van der Waals surface area contributed by atoms with Crippen LogP contribution in [0.4, 0.5) is 5.69 Å². The lowest BCUT2D eigenvalue weighted by molar-refractivity contribution is 0.327. The van der Waals surface area contributed by atoms with Gasteiger partial charge >= 0.3 is 0 Å². The van der Waals surface area contributed by atoms with E-state index in [1.165, 1.54) is 16.8 Å². The van der Waals surface area contributed by atoms with Gasteiger partial charge in [0, 0.05) is 42.6 Å². The number of rotatable bonds is 6. The first kappa shape index (κ1) is 17.6. The fourth-order valence-corrected chi connectivity index (χ4v) is 3.75. The Hall–Kier alpha value is -2.79. The summed E-state index contributed by atoms with van der Waals surface area (Å²) >= 11 is 0. The second-order valence-corrected chi connectivity index (χ2v) is 7.20. The van der Waals surface area contributed by atoms with Crippen molar-refractivity contribution in [2.75, 3.05) is 25.5 Å². The molecule has 1 atom stereocenters. The minimum Gasteiger partial charge on any atom is -0.497 e. The topological polar surface area (TPSA) is 53.2 Å². The van der Waals surface area contributed by atoms with Crippen LogP contribution in [0.15, 0.2) is 54.7 Å². The Balaban J connectivity index is 1.33. The fraction of sp³-hybridized carbons (Fsp3) is 0.318. The van der Waals surface area contributed by atoms with Gasteiger partial charge < -0.3 is 10.1 Å². The lowest BCUT2D eigenvalue weighted by Gasteiger charge is -2.18. The maximum absolute atomic E-state index is 5.33. The summed E-state index contributed by atoms with van der Waals surface area (Å²) in [5.74, 6) is 0.925. The van der Waals surface area contributed by atoms with Gasteiger partial charge in [0.15, 0.2) is 0 Å². The van der Waals surface area contributed by atoms with Gasteiger partial charge in [0.05, 0.1) is 13.3 Å². The van der Waals surface area contributed by atoms with Crippen LogP contribution in [0.25, 0.3) is 11.1 Å². The van der Waals surface area contributed by atoms with E-state index in [1.807, 2.05) is 19.2 Å². The third kappa shape index (κ3) is 4.14. The molecule has 1 aromatic heterocycles. The van der Waals surface area contributed by atoms with Gasteiger partial charge in [-0.3, -0.25) is 10.00 Å². The predicted octanol–water partition coefficient (Wildman–Crippen LogP) is 4.08. The Morgan fingerprint density at radius 3 is 2.81 bits per heavy atom. The molecule has 0 saturated carbocycles. The minimum atomic E-state index is 0.483. The van der Waals surface area contributed by atoms with Crippen molar-refractivity contribution < 1.29 is 4.74 Å². The molecule has 1 aliphatic heterocycles. The Bertz CT molecular complexity index is 887. The SMILES string of the molecule is COc1cccc(CN2CCC(Nc3ccc(-c4cn[nH]c4C)cc3)C2)c1. The van der Waals surface area contributed by atoms with Gasteiger partial charge in [0.2, 0.25) is 0 Å². The summed E-state index contributed by atoms with van der Waals surface area (Å²) in [5.41, 5.74) is 5.92. The van der Waals surface area contributed by atoms with Crippen molar-refractivity contribution in [2.24, 2.45) is 0 Å². The second kappa shape index (κ2) is 7.84. The number of anilines is 1. The lowest BCUT2D eigenvalue weighted by Crippen LogP contribution is -2.25. The van der Waals surface area contributed by atoms with Crippen molar-refractivity contribution in [3.05, 3.63) is 66.0 Å². The number of aromatic amines is 1. The van der Waals surface area contributed by atoms with Crippen LogP contribution in [0.5, 0.6) is 5.75 Å². The fourth-order valence-electron chi connectivity index (χ4n) is 3.75. The number of ether oxygens (including phenoxy) is 1. The number of aryl methyl sites for hydroxylation is 1. The number of nitrogens with zero attached hydrogens (tertiary/aromatic N) is 2. The van der Waals surface area contributed by atoms with Crippen LogP contribution < -0.4 is 10.1 Å². The molecule has 2 aromatic carbocycles. The quantitative estimate of drug-likeness (QED) is 0.694. The predicted molar refractivity (Wildman–Crippen MR) is 109 cm³/mol. The maximum atomic E-state index is 5.33. The Morgan fingerprint density at radius 1 is 1.22 bits per heavy atom. The molecule has 0 bridgehead atoms. The zero-order valence-corrected chi connectivity index (χ0v) is 15.9. The zero-order valence-electron chi connectivity index (χ0n) is 15.9. The number of hydrogen-bond donors (Lipinski definition) is 2. The lowest BCUT2D eigenvalue weighted by atomic mass is 10.1. The summed E-state index contributed by atoms with van der Waals surface area (Å²) in [5, 5.41) is 10.8. The molecule has 0 radical (unpaired) electrons. The molecule has 1 unspecified atom stereocenters. The van der Waals surface area contributed by atoms with Crippen LogP contribution in [-0.2, 0) is 6.54 Å². The summed E-state index contributed by atoms with van der Waals surface area (Å²) in [6.45, 7) is 5.18. The monoisotopic (exact) mass is 362 g/mol. The molecule has 4 rings (SSSR count). The van der Waals surface area contributed by atoms with Gasteiger partial charge in [0.1, 0.15) is 5.75 Å². The number of hydrogen-bond acceptors (Lipinski definition) is 4. The average molecular weight is 362 g/mol. The molecule has 1 saturated heterocycles. The first-order chi connectivity index (χ1) is 13.2. The van der Waals surface area contributed by atoms with E-state index in [2.05, 4.69) is 62.9 Å². The largest absolute Gasteiger partial charge is 0.497 e. The van der Waals surface area contributed by atoms with Gasteiger partial charge in [-0.2, -0.15) is 5.10 Å². The van der Waals surface area contributed by atoms with E-state index in [0.29, 0.717) is 6.04 Å². The van der Waals surface area contributed by atoms with E-state index in [1.54, 1.807) is 7.11 Å². The number of benzene rings is 2. The number of nitrogens with one attached hydrogen (secondary N) is 2. The normalized spacial score (nSPS) is 17.2. The van der Waals surface area contributed by atoms with Crippen molar-refractivity contribution in [1.29, 1.82) is 0 Å². The molecule has 2 heterocycles.